The molecule has 0 bridgehead atoms. The molecule has 6 fully saturated rings. The number of hydrogen-bond donors (Lipinski definition) is 8. The normalized spacial score (nSPS) is 41.3. The lowest BCUT2D eigenvalue weighted by atomic mass is 9.52. The number of carbonyl (C=O) groups is 5. The van der Waals surface area contributed by atoms with Gasteiger partial charge in [0.15, 0.2) is 12.6 Å². The topological polar surface area (TPSA) is 279 Å². The van der Waals surface area contributed by atoms with Gasteiger partial charge in [-0.15, -0.1) is 0 Å². The van der Waals surface area contributed by atoms with Crippen molar-refractivity contribution in [3.05, 3.63) is 0 Å². The van der Waals surface area contributed by atoms with Crippen LogP contribution in [0.2, 0.25) is 0 Å². The van der Waals surface area contributed by atoms with Crippen molar-refractivity contribution in [1.82, 2.24) is 21.3 Å². The third-order valence-electron chi connectivity index (χ3n) is 13.3. The van der Waals surface area contributed by atoms with Crippen molar-refractivity contribution in [3.8, 4) is 0 Å². The fourth-order valence-corrected chi connectivity index (χ4v) is 10.4. The molecular weight excluding hydrogens is 768 g/mol. The molecule has 58 heavy (non-hydrogen) atoms. The lowest BCUT2D eigenvalue weighted by molar-refractivity contribution is -0.338. The Bertz CT molecular complexity index is 1460. The van der Waals surface area contributed by atoms with E-state index in [2.05, 4.69) is 21.3 Å². The summed E-state index contributed by atoms with van der Waals surface area (Å²) in [5.74, 6) is -4.52. The van der Waals surface area contributed by atoms with Gasteiger partial charge >= 0.3 is 5.97 Å². The summed E-state index contributed by atoms with van der Waals surface area (Å²) < 4.78 is 41.6. The Labute approximate surface area is 336 Å². The molecule has 16 atom stereocenters. The number of likely N-dealkylation sites (N-methyl/N-ethyl adjacent to an activating group) is 1. The highest BCUT2D eigenvalue weighted by atomic mass is 16.8. The molecule has 6 aliphatic rings. The van der Waals surface area contributed by atoms with Crippen molar-refractivity contribution in [2.75, 3.05) is 54.4 Å². The van der Waals surface area contributed by atoms with Crippen LogP contribution < -0.4 is 21.3 Å². The van der Waals surface area contributed by atoms with E-state index in [4.69, 9.17) is 33.2 Å². The Kier molecular flexibility index (Phi) is 15.1. The molecule has 3 saturated carbocycles. The van der Waals surface area contributed by atoms with Gasteiger partial charge in [-0.25, -0.2) is 0 Å². The molecule has 3 aliphatic heterocycles. The number of ether oxygens (including phenoxy) is 7. The Morgan fingerprint density at radius 2 is 1.62 bits per heavy atom. The summed E-state index contributed by atoms with van der Waals surface area (Å²) in [5, 5.41) is 54.4. The van der Waals surface area contributed by atoms with Gasteiger partial charge in [-0.2, -0.15) is 0 Å². The van der Waals surface area contributed by atoms with Crippen LogP contribution in [0.25, 0.3) is 0 Å². The van der Waals surface area contributed by atoms with Gasteiger partial charge in [0, 0.05) is 32.5 Å². The van der Waals surface area contributed by atoms with Gasteiger partial charge in [-0.1, -0.05) is 0 Å². The van der Waals surface area contributed by atoms with Gasteiger partial charge in [0.25, 0.3) is 0 Å². The smallest absolute Gasteiger partial charge is 0.309 e. The zero-order valence-electron chi connectivity index (χ0n) is 33.4. The molecule has 0 spiro atoms. The number of Topliss-reactive ketones (excluding diaryl/α,β-unsaturated/α-hetero) is 1. The first kappa shape index (κ1) is 44.7. The molecule has 0 aromatic rings. The van der Waals surface area contributed by atoms with Crippen LogP contribution in [0.3, 0.4) is 0 Å². The van der Waals surface area contributed by atoms with E-state index in [1.54, 1.807) is 14.2 Å². The first-order valence-corrected chi connectivity index (χ1v) is 20.2. The molecule has 8 N–H and O–H groups in total. The molecule has 0 aromatic carbocycles. The quantitative estimate of drug-likeness (QED) is 0.0707. The lowest BCUT2D eigenvalue weighted by Crippen LogP contribution is -2.65. The minimum Gasteiger partial charge on any atom is -0.465 e. The number of methoxy groups -OCH3 is 2. The Balaban J connectivity index is 1.12. The van der Waals surface area contributed by atoms with Crippen molar-refractivity contribution in [2.45, 2.75) is 113 Å². The molecule has 6 rings (SSSR count). The maximum atomic E-state index is 13.4. The SMILES string of the molecule is CNC(CCC(=O)NCC(C)=O)C(=O)NCC(=O)NC1C(O)OC(OC2C3CC4COC(=O)[C@@H]4[C@H](C4CC(OC)C(O)C(OC)C4)C3CC3OCOC32)C(O)C1CO. The highest BCUT2D eigenvalue weighted by Crippen LogP contribution is 2.58. The Hall–Kier alpha value is -2.89. The van der Waals surface area contributed by atoms with E-state index in [1.807, 2.05) is 0 Å². The van der Waals surface area contributed by atoms with E-state index in [0.717, 1.165) is 0 Å². The molecule has 20 nitrogen and oxygen atoms in total. The standard InChI is InChI=1S/C38H60N4O16/c1-16(44)11-40-26(45)6-5-22(39-2)35(49)41-12-27(46)42-30-21(13-43)31(47)38(58-37(30)51)57-33-20-7-18-14-54-36(50)29(18)28(19(20)10-25-34(33)56-15-55-25)17-8-23(52-3)32(48)24(9-17)53-4/h17-25,28-34,37-39,43,47-48,51H,5-15H2,1-4H3,(H,40,45)(H,41,49)(H,42,46)/t17?,18?,19?,20?,21?,22?,23?,24?,25?,28-,29+,30?,31?,32?,33?,34?,37?,38?/m1/s1. The number of rotatable bonds is 16. The van der Waals surface area contributed by atoms with Crippen molar-refractivity contribution < 1.29 is 77.6 Å². The summed E-state index contributed by atoms with van der Waals surface area (Å²) in [5.41, 5.74) is 0. The van der Waals surface area contributed by atoms with Crippen molar-refractivity contribution >= 4 is 29.5 Å². The fourth-order valence-electron chi connectivity index (χ4n) is 10.4. The first-order valence-electron chi connectivity index (χ1n) is 20.2. The fraction of sp³-hybridized carbons (Fsp3) is 0.868. The van der Waals surface area contributed by atoms with Crippen LogP contribution in [0, 0.1) is 41.4 Å². The third kappa shape index (κ3) is 9.52. The van der Waals surface area contributed by atoms with E-state index in [9.17, 15) is 44.4 Å². The number of ketones is 1. The number of amides is 3. The number of hydrogen-bond acceptors (Lipinski definition) is 17. The molecule has 3 saturated heterocycles. The number of fused-ring (bicyclic) bond motifs is 3. The van der Waals surface area contributed by atoms with Crippen LogP contribution in [0.1, 0.15) is 45.4 Å². The molecule has 0 radical (unpaired) electrons. The molecular formula is C38H60N4O16. The third-order valence-corrected chi connectivity index (χ3v) is 13.3. The average Bonchev–Trinajstić information content (AvgIpc) is 3.83. The highest BCUT2D eigenvalue weighted by molar-refractivity contribution is 5.88. The Morgan fingerprint density at radius 3 is 2.28 bits per heavy atom. The average molecular weight is 829 g/mol. The monoisotopic (exact) mass is 828 g/mol. The molecule has 20 heteroatoms. The molecule has 328 valence electrons. The van der Waals surface area contributed by atoms with Gasteiger partial charge in [0.05, 0.1) is 68.7 Å². The molecule has 14 unspecified atom stereocenters. The van der Waals surface area contributed by atoms with Crippen LogP contribution in [-0.2, 0) is 57.1 Å². The summed E-state index contributed by atoms with van der Waals surface area (Å²) in [7, 11) is 4.61. The maximum absolute atomic E-state index is 13.4. The van der Waals surface area contributed by atoms with Gasteiger partial charge in [-0.05, 0) is 69.7 Å². The molecule has 3 amide bonds. The van der Waals surface area contributed by atoms with Gasteiger partial charge in [0.1, 0.15) is 30.9 Å². The second-order valence-corrected chi connectivity index (χ2v) is 16.5. The van der Waals surface area contributed by atoms with E-state index in [-0.39, 0.29) is 74.1 Å². The lowest BCUT2D eigenvalue weighted by Gasteiger charge is -2.55. The number of nitrogens with one attached hydrogen (secondary N) is 4. The van der Waals surface area contributed by atoms with Crippen LogP contribution in [-0.4, -0.2) is 172 Å². The predicted molar refractivity (Wildman–Crippen MR) is 196 cm³/mol. The van der Waals surface area contributed by atoms with Gasteiger partial charge in [0.2, 0.25) is 17.7 Å². The minimum absolute atomic E-state index is 0.00739. The van der Waals surface area contributed by atoms with Crippen LogP contribution in [0.4, 0.5) is 0 Å². The van der Waals surface area contributed by atoms with Crippen LogP contribution >= 0.6 is 0 Å². The number of aliphatic hydroxyl groups is 4. The summed E-state index contributed by atoms with van der Waals surface area (Å²) in [6, 6.07) is -2.12. The summed E-state index contributed by atoms with van der Waals surface area (Å²) in [4.78, 5) is 62.3. The van der Waals surface area contributed by atoms with Gasteiger partial charge in [-0.3, -0.25) is 24.0 Å². The molecule has 3 heterocycles. The van der Waals surface area contributed by atoms with Crippen molar-refractivity contribution in [2.24, 2.45) is 41.4 Å². The second-order valence-electron chi connectivity index (χ2n) is 16.5. The largest absolute Gasteiger partial charge is 0.465 e. The van der Waals surface area contributed by atoms with E-state index >= 15 is 0 Å². The van der Waals surface area contributed by atoms with Crippen LogP contribution in [0.5, 0.6) is 0 Å². The van der Waals surface area contributed by atoms with Gasteiger partial charge < -0.3 is 74.9 Å². The minimum atomic E-state index is -1.74. The zero-order valence-corrected chi connectivity index (χ0v) is 33.4. The summed E-state index contributed by atoms with van der Waals surface area (Å²) in [6.07, 6.45) is -6.13. The Morgan fingerprint density at radius 1 is 0.897 bits per heavy atom. The maximum Gasteiger partial charge on any atom is 0.309 e. The number of aliphatic hydroxyl groups excluding tert-OH is 4. The number of carbonyl (C=O) groups excluding carboxylic acids is 5. The molecule has 0 aromatic heterocycles. The summed E-state index contributed by atoms with van der Waals surface area (Å²) >= 11 is 0. The second kappa shape index (κ2) is 19.7. The zero-order chi connectivity index (χ0) is 41.8. The number of esters is 1. The van der Waals surface area contributed by atoms with Crippen molar-refractivity contribution in [3.63, 3.8) is 0 Å². The number of cyclic esters (lactones) is 1. The van der Waals surface area contributed by atoms with Crippen LogP contribution in [0.15, 0.2) is 0 Å². The van der Waals surface area contributed by atoms with E-state index < -0.39 is 110 Å². The van der Waals surface area contributed by atoms with Crippen molar-refractivity contribution in [1.29, 1.82) is 0 Å². The van der Waals surface area contributed by atoms with E-state index in [0.29, 0.717) is 25.7 Å². The molecule has 3 aliphatic carbocycles. The highest BCUT2D eigenvalue weighted by Gasteiger charge is 2.62. The predicted octanol–water partition coefficient (Wildman–Crippen LogP) is -3.32. The van der Waals surface area contributed by atoms with E-state index in [1.165, 1.54) is 14.0 Å². The first-order chi connectivity index (χ1) is 27.8. The summed E-state index contributed by atoms with van der Waals surface area (Å²) in [6.45, 7) is 0.268.